The van der Waals surface area contributed by atoms with Crippen molar-refractivity contribution in [1.82, 2.24) is 9.97 Å². The van der Waals surface area contributed by atoms with Gasteiger partial charge in [0.05, 0.1) is 18.2 Å². The Hall–Kier alpha value is -1.28. The summed E-state index contributed by atoms with van der Waals surface area (Å²) in [6.45, 7) is 2.08. The van der Waals surface area contributed by atoms with Gasteiger partial charge in [-0.15, -0.1) is 12.4 Å². The number of aryl methyl sites for hydroxylation is 1. The maximum absolute atomic E-state index is 3.97. The quantitative estimate of drug-likeness (QED) is 0.743. The van der Waals surface area contributed by atoms with Crippen LogP contribution in [0.4, 0.5) is 0 Å². The zero-order valence-corrected chi connectivity index (χ0v) is 8.14. The van der Waals surface area contributed by atoms with E-state index in [-0.39, 0.29) is 12.4 Å². The van der Waals surface area contributed by atoms with Gasteiger partial charge in [-0.3, -0.25) is 0 Å². The van der Waals surface area contributed by atoms with Crippen LogP contribution >= 0.6 is 12.4 Å². The molecule has 0 amide bonds. The van der Waals surface area contributed by atoms with Gasteiger partial charge in [-0.1, -0.05) is 23.8 Å². The first-order valence-electron chi connectivity index (χ1n) is 3.92. The van der Waals surface area contributed by atoms with Crippen LogP contribution < -0.4 is 0 Å². The van der Waals surface area contributed by atoms with Crippen LogP contribution in [0.3, 0.4) is 0 Å². The Morgan fingerprint density at radius 2 is 2.15 bits per heavy atom. The molecule has 1 N–H and O–H groups in total. The Morgan fingerprint density at radius 1 is 1.31 bits per heavy atom. The number of hydrogen-bond donors (Lipinski definition) is 1. The van der Waals surface area contributed by atoms with Gasteiger partial charge in [-0.25, -0.2) is 4.98 Å². The fraction of sp³-hybridized carbons (Fsp3) is 0.100. The first kappa shape index (κ1) is 9.81. The van der Waals surface area contributed by atoms with Gasteiger partial charge >= 0.3 is 0 Å². The average molecular weight is 195 g/mol. The molecular formula is C10H11ClN2. The number of H-pyrrole nitrogens is 1. The van der Waals surface area contributed by atoms with Crippen LogP contribution in [0.5, 0.6) is 0 Å². The Balaban J connectivity index is 0.000000845. The molecule has 68 valence electrons. The van der Waals surface area contributed by atoms with E-state index in [2.05, 4.69) is 35.1 Å². The highest BCUT2D eigenvalue weighted by Crippen LogP contribution is 2.16. The van der Waals surface area contributed by atoms with Crippen molar-refractivity contribution in [3.05, 3.63) is 42.4 Å². The molecule has 2 aromatic rings. The summed E-state index contributed by atoms with van der Waals surface area (Å²) >= 11 is 0. The topological polar surface area (TPSA) is 28.7 Å². The Kier molecular flexibility index (Phi) is 3.09. The minimum absolute atomic E-state index is 0. The van der Waals surface area contributed by atoms with E-state index in [0.717, 1.165) is 5.69 Å². The van der Waals surface area contributed by atoms with Gasteiger partial charge in [-0.2, -0.15) is 0 Å². The summed E-state index contributed by atoms with van der Waals surface area (Å²) in [7, 11) is 0. The van der Waals surface area contributed by atoms with E-state index >= 15 is 0 Å². The number of rotatable bonds is 1. The molecule has 0 aliphatic carbocycles. The molecule has 1 aromatic carbocycles. The molecule has 1 aromatic heterocycles. The third-order valence-electron chi connectivity index (χ3n) is 1.83. The van der Waals surface area contributed by atoms with Crippen molar-refractivity contribution in [1.29, 1.82) is 0 Å². The van der Waals surface area contributed by atoms with Crippen LogP contribution in [-0.2, 0) is 0 Å². The van der Waals surface area contributed by atoms with Gasteiger partial charge in [0.2, 0.25) is 0 Å². The maximum atomic E-state index is 3.97. The van der Waals surface area contributed by atoms with Crippen LogP contribution in [0, 0.1) is 6.92 Å². The predicted octanol–water partition coefficient (Wildman–Crippen LogP) is 2.81. The standard InChI is InChI=1S/C10H10N2.ClH/c1-8-3-2-4-9(5-8)10-6-11-7-12-10;/h2-7H,1H3,(H,11,12);1H. The summed E-state index contributed by atoms with van der Waals surface area (Å²) in [6.07, 6.45) is 3.52. The lowest BCUT2D eigenvalue weighted by Gasteiger charge is -1.97. The lowest BCUT2D eigenvalue weighted by molar-refractivity contribution is 1.31. The Morgan fingerprint density at radius 3 is 2.77 bits per heavy atom. The summed E-state index contributed by atoms with van der Waals surface area (Å²) in [4.78, 5) is 7.04. The number of hydrogen-bond acceptors (Lipinski definition) is 1. The van der Waals surface area contributed by atoms with Crippen molar-refractivity contribution in [2.24, 2.45) is 0 Å². The van der Waals surface area contributed by atoms with Crippen molar-refractivity contribution in [2.75, 3.05) is 0 Å². The number of imidazole rings is 1. The highest BCUT2D eigenvalue weighted by molar-refractivity contribution is 5.85. The number of benzene rings is 1. The molecule has 0 atom stereocenters. The monoisotopic (exact) mass is 194 g/mol. The van der Waals surface area contributed by atoms with Crippen LogP contribution in [-0.4, -0.2) is 9.97 Å². The largest absolute Gasteiger partial charge is 0.345 e. The van der Waals surface area contributed by atoms with Gasteiger partial charge in [0, 0.05) is 0 Å². The number of nitrogens with one attached hydrogen (secondary N) is 1. The molecule has 0 aliphatic rings. The van der Waals surface area contributed by atoms with Crippen LogP contribution in [0.15, 0.2) is 36.8 Å². The summed E-state index contributed by atoms with van der Waals surface area (Å²) in [6, 6.07) is 8.33. The van der Waals surface area contributed by atoms with E-state index in [1.165, 1.54) is 11.1 Å². The lowest BCUT2D eigenvalue weighted by Crippen LogP contribution is -1.77. The van der Waals surface area contributed by atoms with E-state index in [1.807, 2.05) is 12.3 Å². The van der Waals surface area contributed by atoms with Crippen molar-refractivity contribution in [3.8, 4) is 11.3 Å². The molecule has 0 bridgehead atoms. The van der Waals surface area contributed by atoms with E-state index in [9.17, 15) is 0 Å². The van der Waals surface area contributed by atoms with Crippen LogP contribution in [0.1, 0.15) is 5.56 Å². The first-order chi connectivity index (χ1) is 5.86. The zero-order valence-electron chi connectivity index (χ0n) is 7.32. The molecule has 2 nitrogen and oxygen atoms in total. The maximum Gasteiger partial charge on any atom is 0.0924 e. The van der Waals surface area contributed by atoms with Gasteiger partial charge in [0.1, 0.15) is 0 Å². The summed E-state index contributed by atoms with van der Waals surface area (Å²) in [5, 5.41) is 0. The molecule has 0 saturated heterocycles. The fourth-order valence-electron chi connectivity index (χ4n) is 1.23. The summed E-state index contributed by atoms with van der Waals surface area (Å²) in [5.41, 5.74) is 3.52. The number of nitrogens with zero attached hydrogens (tertiary/aromatic N) is 1. The number of aromatic nitrogens is 2. The minimum atomic E-state index is 0. The minimum Gasteiger partial charge on any atom is -0.345 e. The van der Waals surface area contributed by atoms with Gasteiger partial charge in [0.25, 0.3) is 0 Å². The zero-order chi connectivity index (χ0) is 8.39. The molecule has 1 heterocycles. The second kappa shape index (κ2) is 4.10. The van der Waals surface area contributed by atoms with E-state index in [1.54, 1.807) is 6.33 Å². The van der Waals surface area contributed by atoms with Gasteiger partial charge in [0.15, 0.2) is 0 Å². The predicted molar refractivity (Wildman–Crippen MR) is 56.0 cm³/mol. The van der Waals surface area contributed by atoms with Crippen LogP contribution in [0.25, 0.3) is 11.3 Å². The molecular weight excluding hydrogens is 184 g/mol. The highest BCUT2D eigenvalue weighted by atomic mass is 35.5. The van der Waals surface area contributed by atoms with Crippen molar-refractivity contribution in [3.63, 3.8) is 0 Å². The Labute approximate surface area is 83.4 Å². The fourth-order valence-corrected chi connectivity index (χ4v) is 1.23. The van der Waals surface area contributed by atoms with Crippen molar-refractivity contribution >= 4 is 12.4 Å². The second-order valence-corrected chi connectivity index (χ2v) is 2.83. The first-order valence-corrected chi connectivity index (χ1v) is 3.92. The highest BCUT2D eigenvalue weighted by Gasteiger charge is 1.96. The van der Waals surface area contributed by atoms with E-state index < -0.39 is 0 Å². The summed E-state index contributed by atoms with van der Waals surface area (Å²) in [5.74, 6) is 0. The lowest BCUT2D eigenvalue weighted by atomic mass is 10.1. The molecule has 13 heavy (non-hydrogen) atoms. The summed E-state index contributed by atoms with van der Waals surface area (Å²) < 4.78 is 0. The third-order valence-corrected chi connectivity index (χ3v) is 1.83. The number of aromatic amines is 1. The van der Waals surface area contributed by atoms with Crippen molar-refractivity contribution in [2.45, 2.75) is 6.92 Å². The normalized spacial score (nSPS) is 9.31. The van der Waals surface area contributed by atoms with Gasteiger partial charge < -0.3 is 4.98 Å². The average Bonchev–Trinajstić information content (AvgIpc) is 2.56. The molecule has 0 unspecified atom stereocenters. The third kappa shape index (κ3) is 2.10. The SMILES string of the molecule is Cc1cccc(-c2cnc[nH]2)c1.Cl. The van der Waals surface area contributed by atoms with Crippen LogP contribution in [0.2, 0.25) is 0 Å². The van der Waals surface area contributed by atoms with Gasteiger partial charge in [-0.05, 0) is 18.6 Å². The van der Waals surface area contributed by atoms with E-state index in [4.69, 9.17) is 0 Å². The smallest absolute Gasteiger partial charge is 0.0924 e. The van der Waals surface area contributed by atoms with E-state index in [0.29, 0.717) is 0 Å². The molecule has 0 aliphatic heterocycles. The molecule has 0 spiro atoms. The molecule has 0 saturated carbocycles. The van der Waals surface area contributed by atoms with Crippen molar-refractivity contribution < 1.29 is 0 Å². The molecule has 3 heteroatoms. The molecule has 0 fully saturated rings. The Bertz CT molecular complexity index is 368. The second-order valence-electron chi connectivity index (χ2n) is 2.83. The molecule has 2 rings (SSSR count). The number of halogens is 1. The molecule has 0 radical (unpaired) electrons.